The van der Waals surface area contributed by atoms with Crippen LogP contribution in [0.3, 0.4) is 0 Å². The van der Waals surface area contributed by atoms with Crippen LogP contribution in [0, 0.1) is 5.82 Å². The van der Waals surface area contributed by atoms with E-state index in [4.69, 9.17) is 0 Å². The Labute approximate surface area is 105 Å². The van der Waals surface area contributed by atoms with Gasteiger partial charge in [-0.05, 0) is 31.0 Å². The zero-order chi connectivity index (χ0) is 13.5. The molecular formula is C13H16FNO3. The first-order valence-corrected chi connectivity index (χ1v) is 5.64. The van der Waals surface area contributed by atoms with E-state index in [0.717, 1.165) is 5.56 Å². The average Bonchev–Trinajstić information content (AvgIpc) is 2.37. The highest BCUT2D eigenvalue weighted by atomic mass is 19.1. The average molecular weight is 253 g/mol. The SMILES string of the molecule is COC(=O)C(C)NC(=O)CCc1ccc(F)cc1. The Hall–Kier alpha value is -1.91. The van der Waals surface area contributed by atoms with E-state index in [2.05, 4.69) is 10.1 Å². The molecule has 0 fully saturated rings. The number of hydrogen-bond donors (Lipinski definition) is 1. The summed E-state index contributed by atoms with van der Waals surface area (Å²) in [6, 6.07) is 5.31. The molecule has 1 amide bonds. The maximum absolute atomic E-state index is 12.7. The highest BCUT2D eigenvalue weighted by Crippen LogP contribution is 2.05. The van der Waals surface area contributed by atoms with Gasteiger partial charge in [-0.15, -0.1) is 0 Å². The number of hydrogen-bond acceptors (Lipinski definition) is 3. The van der Waals surface area contributed by atoms with E-state index >= 15 is 0 Å². The number of aryl methyl sites for hydroxylation is 1. The van der Waals surface area contributed by atoms with Crippen LogP contribution >= 0.6 is 0 Å². The Bertz CT molecular complexity index is 417. The molecule has 1 N–H and O–H groups in total. The normalized spacial score (nSPS) is 11.7. The zero-order valence-corrected chi connectivity index (χ0v) is 10.4. The van der Waals surface area contributed by atoms with Gasteiger partial charge in [0, 0.05) is 6.42 Å². The number of nitrogens with one attached hydrogen (secondary N) is 1. The number of methoxy groups -OCH3 is 1. The number of esters is 1. The summed E-state index contributed by atoms with van der Waals surface area (Å²) in [5.74, 6) is -1.02. The van der Waals surface area contributed by atoms with Crippen molar-refractivity contribution in [2.45, 2.75) is 25.8 Å². The van der Waals surface area contributed by atoms with Crippen LogP contribution in [-0.4, -0.2) is 25.0 Å². The third-order valence-electron chi connectivity index (χ3n) is 2.49. The van der Waals surface area contributed by atoms with Gasteiger partial charge in [-0.3, -0.25) is 4.79 Å². The minimum absolute atomic E-state index is 0.239. The van der Waals surface area contributed by atoms with Crippen molar-refractivity contribution in [2.24, 2.45) is 0 Å². The Morgan fingerprint density at radius 1 is 1.33 bits per heavy atom. The molecule has 98 valence electrons. The topological polar surface area (TPSA) is 55.4 Å². The van der Waals surface area contributed by atoms with Crippen molar-refractivity contribution in [1.82, 2.24) is 5.32 Å². The van der Waals surface area contributed by atoms with E-state index in [9.17, 15) is 14.0 Å². The van der Waals surface area contributed by atoms with Crippen LogP contribution in [0.1, 0.15) is 18.9 Å². The van der Waals surface area contributed by atoms with E-state index in [1.807, 2.05) is 0 Å². The van der Waals surface area contributed by atoms with Crippen LogP contribution in [0.15, 0.2) is 24.3 Å². The van der Waals surface area contributed by atoms with Gasteiger partial charge in [0.15, 0.2) is 0 Å². The molecule has 0 saturated heterocycles. The summed E-state index contributed by atoms with van der Waals surface area (Å²) in [4.78, 5) is 22.6. The fourth-order valence-corrected chi connectivity index (χ4v) is 1.46. The van der Waals surface area contributed by atoms with Gasteiger partial charge >= 0.3 is 5.97 Å². The fourth-order valence-electron chi connectivity index (χ4n) is 1.46. The van der Waals surface area contributed by atoms with Gasteiger partial charge in [-0.1, -0.05) is 12.1 Å². The van der Waals surface area contributed by atoms with Crippen molar-refractivity contribution in [3.05, 3.63) is 35.6 Å². The Morgan fingerprint density at radius 2 is 1.94 bits per heavy atom. The molecule has 0 saturated carbocycles. The van der Waals surface area contributed by atoms with E-state index in [-0.39, 0.29) is 18.1 Å². The second kappa shape index (κ2) is 6.74. The lowest BCUT2D eigenvalue weighted by molar-refractivity contribution is -0.144. The van der Waals surface area contributed by atoms with Crippen molar-refractivity contribution in [1.29, 1.82) is 0 Å². The molecule has 0 aliphatic carbocycles. The van der Waals surface area contributed by atoms with Crippen LogP contribution in [-0.2, 0) is 20.7 Å². The fraction of sp³-hybridized carbons (Fsp3) is 0.385. The maximum atomic E-state index is 12.7. The second-order valence-electron chi connectivity index (χ2n) is 3.94. The molecule has 18 heavy (non-hydrogen) atoms. The van der Waals surface area contributed by atoms with Gasteiger partial charge in [0.2, 0.25) is 5.91 Å². The number of rotatable bonds is 5. The first kappa shape index (κ1) is 14.2. The van der Waals surface area contributed by atoms with Gasteiger partial charge in [-0.25, -0.2) is 9.18 Å². The van der Waals surface area contributed by atoms with E-state index in [0.29, 0.717) is 6.42 Å². The van der Waals surface area contributed by atoms with Crippen molar-refractivity contribution < 1.29 is 18.7 Å². The number of ether oxygens (including phenoxy) is 1. The summed E-state index contributed by atoms with van der Waals surface area (Å²) in [5, 5.41) is 2.52. The number of carbonyl (C=O) groups is 2. The summed E-state index contributed by atoms with van der Waals surface area (Å²) in [5.41, 5.74) is 0.872. The quantitative estimate of drug-likeness (QED) is 0.808. The minimum atomic E-state index is -0.657. The Balaban J connectivity index is 2.37. The highest BCUT2D eigenvalue weighted by Gasteiger charge is 2.15. The third-order valence-corrected chi connectivity index (χ3v) is 2.49. The molecule has 0 aliphatic rings. The van der Waals surface area contributed by atoms with Crippen molar-refractivity contribution in [2.75, 3.05) is 7.11 Å². The first-order valence-electron chi connectivity index (χ1n) is 5.64. The van der Waals surface area contributed by atoms with Gasteiger partial charge in [0.25, 0.3) is 0 Å². The Kier molecular flexibility index (Phi) is 5.30. The minimum Gasteiger partial charge on any atom is -0.467 e. The van der Waals surface area contributed by atoms with E-state index in [1.54, 1.807) is 19.1 Å². The molecule has 4 nitrogen and oxygen atoms in total. The number of amides is 1. The lowest BCUT2D eigenvalue weighted by Crippen LogP contribution is -2.39. The van der Waals surface area contributed by atoms with Gasteiger partial charge in [0.1, 0.15) is 11.9 Å². The van der Waals surface area contributed by atoms with Crippen molar-refractivity contribution >= 4 is 11.9 Å². The predicted molar refractivity (Wildman–Crippen MR) is 64.3 cm³/mol. The van der Waals surface area contributed by atoms with E-state index in [1.165, 1.54) is 19.2 Å². The molecule has 1 aromatic carbocycles. The smallest absolute Gasteiger partial charge is 0.328 e. The molecule has 1 unspecified atom stereocenters. The molecule has 0 aromatic heterocycles. The van der Waals surface area contributed by atoms with Crippen LogP contribution in [0.2, 0.25) is 0 Å². The molecule has 1 rings (SSSR count). The predicted octanol–water partition coefficient (Wildman–Crippen LogP) is 1.44. The summed E-state index contributed by atoms with van der Waals surface area (Å²) >= 11 is 0. The molecule has 1 atom stereocenters. The van der Waals surface area contributed by atoms with Gasteiger partial charge in [0.05, 0.1) is 7.11 Å². The lowest BCUT2D eigenvalue weighted by Gasteiger charge is -2.11. The second-order valence-corrected chi connectivity index (χ2v) is 3.94. The van der Waals surface area contributed by atoms with Gasteiger partial charge in [-0.2, -0.15) is 0 Å². The van der Waals surface area contributed by atoms with Crippen molar-refractivity contribution in [3.63, 3.8) is 0 Å². The molecule has 0 radical (unpaired) electrons. The molecule has 1 aromatic rings. The van der Waals surface area contributed by atoms with Crippen LogP contribution < -0.4 is 5.32 Å². The van der Waals surface area contributed by atoms with Crippen LogP contribution in [0.25, 0.3) is 0 Å². The van der Waals surface area contributed by atoms with E-state index < -0.39 is 12.0 Å². The number of halogens is 1. The summed E-state index contributed by atoms with van der Waals surface area (Å²) in [6.07, 6.45) is 0.743. The largest absolute Gasteiger partial charge is 0.467 e. The molecule has 0 aliphatic heterocycles. The lowest BCUT2D eigenvalue weighted by atomic mass is 10.1. The summed E-state index contributed by atoms with van der Waals surface area (Å²) < 4.78 is 17.1. The number of benzene rings is 1. The van der Waals surface area contributed by atoms with Crippen LogP contribution in [0.4, 0.5) is 4.39 Å². The van der Waals surface area contributed by atoms with Gasteiger partial charge < -0.3 is 10.1 Å². The zero-order valence-electron chi connectivity index (χ0n) is 10.4. The first-order chi connectivity index (χ1) is 8.52. The summed E-state index contributed by atoms with van der Waals surface area (Å²) in [7, 11) is 1.27. The number of carbonyl (C=O) groups excluding carboxylic acids is 2. The molecule has 0 heterocycles. The molecular weight excluding hydrogens is 237 g/mol. The van der Waals surface area contributed by atoms with Crippen molar-refractivity contribution in [3.8, 4) is 0 Å². The third kappa shape index (κ3) is 4.53. The standard InChI is InChI=1S/C13H16FNO3/c1-9(13(17)18-2)15-12(16)8-5-10-3-6-11(14)7-4-10/h3-4,6-7,9H,5,8H2,1-2H3,(H,15,16). The maximum Gasteiger partial charge on any atom is 0.328 e. The molecule has 5 heteroatoms. The molecule has 0 spiro atoms. The Morgan fingerprint density at radius 3 is 2.50 bits per heavy atom. The highest BCUT2D eigenvalue weighted by molar-refractivity contribution is 5.84. The van der Waals surface area contributed by atoms with Crippen LogP contribution in [0.5, 0.6) is 0 Å². The molecule has 0 bridgehead atoms. The monoisotopic (exact) mass is 253 g/mol. The summed E-state index contributed by atoms with van der Waals surface area (Å²) in [6.45, 7) is 1.56.